The number of hydrogen-bond donors (Lipinski definition) is 1. The molecule has 2 aliphatic rings. The fourth-order valence-electron chi connectivity index (χ4n) is 3.76. The van der Waals surface area contributed by atoms with Gasteiger partial charge in [-0.3, -0.25) is 0 Å². The van der Waals surface area contributed by atoms with Crippen molar-refractivity contribution in [1.82, 2.24) is 10.2 Å². The van der Waals surface area contributed by atoms with Crippen LogP contribution in [-0.4, -0.2) is 31.1 Å². The van der Waals surface area contributed by atoms with Crippen LogP contribution in [0.25, 0.3) is 0 Å². The van der Waals surface area contributed by atoms with Crippen molar-refractivity contribution in [2.45, 2.75) is 45.1 Å². The van der Waals surface area contributed by atoms with Crippen LogP contribution in [0.4, 0.5) is 0 Å². The van der Waals surface area contributed by atoms with Crippen LogP contribution in [0.15, 0.2) is 24.3 Å². The zero-order valence-electron chi connectivity index (χ0n) is 12.8. The molecule has 1 N–H and O–H groups in total. The first-order valence-corrected chi connectivity index (χ1v) is 8.36. The molecule has 0 radical (unpaired) electrons. The molecule has 0 amide bonds. The number of nitrogens with zero attached hydrogens (tertiary/aromatic N) is 1. The summed E-state index contributed by atoms with van der Waals surface area (Å²) in [5, 5.41) is 3.80. The highest BCUT2D eigenvalue weighted by atomic mass is 15.1. The van der Waals surface area contributed by atoms with Crippen LogP contribution in [0.2, 0.25) is 0 Å². The van der Waals surface area contributed by atoms with Gasteiger partial charge in [0.1, 0.15) is 0 Å². The fraction of sp³-hybridized carbons (Fsp3) is 0.667. The Morgan fingerprint density at radius 3 is 2.85 bits per heavy atom. The number of hydrogen-bond acceptors (Lipinski definition) is 2. The molecule has 3 rings (SSSR count). The zero-order chi connectivity index (χ0) is 13.8. The molecule has 0 bridgehead atoms. The fourth-order valence-corrected chi connectivity index (χ4v) is 3.76. The van der Waals surface area contributed by atoms with Gasteiger partial charge in [0, 0.05) is 12.6 Å². The molecule has 0 spiro atoms. The number of nitrogens with one attached hydrogen (secondary N) is 1. The summed E-state index contributed by atoms with van der Waals surface area (Å²) in [4.78, 5) is 2.65. The third-order valence-corrected chi connectivity index (χ3v) is 4.86. The topological polar surface area (TPSA) is 15.3 Å². The lowest BCUT2D eigenvalue weighted by Crippen LogP contribution is -2.37. The maximum absolute atomic E-state index is 3.80. The Bertz CT molecular complexity index is 423. The van der Waals surface area contributed by atoms with Crippen molar-refractivity contribution >= 4 is 0 Å². The predicted molar refractivity (Wildman–Crippen MR) is 85.0 cm³/mol. The molecule has 1 aromatic rings. The molecule has 2 heteroatoms. The lowest BCUT2D eigenvalue weighted by atomic mass is 10.1. The zero-order valence-corrected chi connectivity index (χ0v) is 12.8. The number of likely N-dealkylation sites (tertiary alicyclic amines) is 1. The molecule has 1 heterocycles. The van der Waals surface area contributed by atoms with E-state index in [1.807, 2.05) is 0 Å². The summed E-state index contributed by atoms with van der Waals surface area (Å²) in [5.41, 5.74) is 3.09. The molecule has 110 valence electrons. The average molecular weight is 272 g/mol. The highest BCUT2D eigenvalue weighted by molar-refractivity contribution is 5.34. The van der Waals surface area contributed by atoms with Gasteiger partial charge in [-0.15, -0.1) is 0 Å². The van der Waals surface area contributed by atoms with E-state index >= 15 is 0 Å². The normalized spacial score (nSPS) is 24.6. The van der Waals surface area contributed by atoms with E-state index in [1.165, 1.54) is 57.3 Å². The van der Waals surface area contributed by atoms with Crippen molar-refractivity contribution in [2.24, 2.45) is 5.92 Å². The van der Waals surface area contributed by atoms with Gasteiger partial charge < -0.3 is 10.2 Å². The molecule has 2 atom stereocenters. The summed E-state index contributed by atoms with van der Waals surface area (Å²) >= 11 is 0. The second kappa shape index (κ2) is 6.73. The summed E-state index contributed by atoms with van der Waals surface area (Å²) in [5.74, 6) is 0.751. The second-order valence-electron chi connectivity index (χ2n) is 6.66. The minimum Gasteiger partial charge on any atom is -0.310 e. The quantitative estimate of drug-likeness (QED) is 0.884. The van der Waals surface area contributed by atoms with Gasteiger partial charge >= 0.3 is 0 Å². The largest absolute Gasteiger partial charge is 0.310 e. The minimum absolute atomic E-state index is 0.593. The number of aryl methyl sites for hydroxylation is 1. The maximum Gasteiger partial charge on any atom is 0.0326 e. The SMILES string of the molecule is CC(CNC1CCc2ccccc21)CN1CCCCC1. The lowest BCUT2D eigenvalue weighted by molar-refractivity contribution is 0.197. The minimum atomic E-state index is 0.593. The molecule has 20 heavy (non-hydrogen) atoms. The predicted octanol–water partition coefficient (Wildman–Crippen LogP) is 3.39. The van der Waals surface area contributed by atoms with E-state index in [4.69, 9.17) is 0 Å². The Morgan fingerprint density at radius 2 is 2.00 bits per heavy atom. The Morgan fingerprint density at radius 1 is 1.20 bits per heavy atom. The van der Waals surface area contributed by atoms with Gasteiger partial charge in [-0.2, -0.15) is 0 Å². The summed E-state index contributed by atoms with van der Waals surface area (Å²) in [7, 11) is 0. The third-order valence-electron chi connectivity index (χ3n) is 4.86. The standard InChI is InChI=1S/C18H28N2/c1-15(14-20-11-5-2-6-12-20)13-19-18-10-9-16-7-3-4-8-17(16)18/h3-4,7-8,15,18-19H,2,5-6,9-14H2,1H3. The monoisotopic (exact) mass is 272 g/mol. The van der Waals surface area contributed by atoms with Crippen molar-refractivity contribution in [1.29, 1.82) is 0 Å². The molecule has 1 aliphatic carbocycles. The molecule has 2 unspecified atom stereocenters. The van der Waals surface area contributed by atoms with Crippen LogP contribution in [0.1, 0.15) is 49.8 Å². The van der Waals surface area contributed by atoms with E-state index in [2.05, 4.69) is 41.4 Å². The molecule has 1 aromatic carbocycles. The summed E-state index contributed by atoms with van der Waals surface area (Å²) < 4.78 is 0. The molecule has 1 aliphatic heterocycles. The van der Waals surface area contributed by atoms with Gasteiger partial charge in [0.05, 0.1) is 0 Å². The van der Waals surface area contributed by atoms with Crippen LogP contribution in [0.5, 0.6) is 0 Å². The summed E-state index contributed by atoms with van der Waals surface area (Å²) in [6.45, 7) is 7.44. The molecule has 1 fully saturated rings. The average Bonchev–Trinajstić information content (AvgIpc) is 2.89. The van der Waals surface area contributed by atoms with Crippen molar-refractivity contribution in [3.05, 3.63) is 35.4 Å². The van der Waals surface area contributed by atoms with Gasteiger partial charge in [0.15, 0.2) is 0 Å². The van der Waals surface area contributed by atoms with Crippen LogP contribution >= 0.6 is 0 Å². The van der Waals surface area contributed by atoms with E-state index in [1.54, 1.807) is 5.56 Å². The van der Waals surface area contributed by atoms with Crippen molar-refractivity contribution in [3.63, 3.8) is 0 Å². The highest BCUT2D eigenvalue weighted by Crippen LogP contribution is 2.30. The van der Waals surface area contributed by atoms with E-state index in [-0.39, 0.29) is 0 Å². The Labute approximate surface area is 123 Å². The first-order chi connectivity index (χ1) is 9.83. The Balaban J connectivity index is 1.45. The van der Waals surface area contributed by atoms with Crippen LogP contribution in [0.3, 0.4) is 0 Å². The highest BCUT2D eigenvalue weighted by Gasteiger charge is 2.22. The summed E-state index contributed by atoms with van der Waals surface area (Å²) in [6.07, 6.45) is 6.75. The van der Waals surface area contributed by atoms with Crippen LogP contribution in [0, 0.1) is 5.92 Å². The first-order valence-electron chi connectivity index (χ1n) is 8.36. The lowest BCUT2D eigenvalue weighted by Gasteiger charge is -2.29. The Kier molecular flexibility index (Phi) is 4.74. The summed E-state index contributed by atoms with van der Waals surface area (Å²) in [6, 6.07) is 9.52. The third kappa shape index (κ3) is 3.42. The number of piperidine rings is 1. The van der Waals surface area contributed by atoms with E-state index in [0.717, 1.165) is 12.5 Å². The second-order valence-corrected chi connectivity index (χ2v) is 6.66. The number of rotatable bonds is 5. The molecular weight excluding hydrogens is 244 g/mol. The smallest absolute Gasteiger partial charge is 0.0326 e. The van der Waals surface area contributed by atoms with E-state index < -0.39 is 0 Å². The maximum atomic E-state index is 3.80. The molecule has 1 saturated heterocycles. The van der Waals surface area contributed by atoms with Gasteiger partial charge in [0.2, 0.25) is 0 Å². The number of fused-ring (bicyclic) bond motifs is 1. The molecular formula is C18H28N2. The number of benzene rings is 1. The Hall–Kier alpha value is -0.860. The van der Waals surface area contributed by atoms with Crippen LogP contribution in [-0.2, 0) is 6.42 Å². The van der Waals surface area contributed by atoms with Crippen molar-refractivity contribution in [3.8, 4) is 0 Å². The van der Waals surface area contributed by atoms with Gasteiger partial charge in [-0.05, 0) is 62.4 Å². The van der Waals surface area contributed by atoms with E-state index in [0.29, 0.717) is 6.04 Å². The van der Waals surface area contributed by atoms with E-state index in [9.17, 15) is 0 Å². The first kappa shape index (κ1) is 14.1. The van der Waals surface area contributed by atoms with Gasteiger partial charge in [0.25, 0.3) is 0 Å². The van der Waals surface area contributed by atoms with Crippen LogP contribution < -0.4 is 5.32 Å². The van der Waals surface area contributed by atoms with Crippen molar-refractivity contribution in [2.75, 3.05) is 26.2 Å². The van der Waals surface area contributed by atoms with Gasteiger partial charge in [-0.1, -0.05) is 37.6 Å². The molecule has 0 saturated carbocycles. The molecule has 2 nitrogen and oxygen atoms in total. The molecule has 0 aromatic heterocycles. The van der Waals surface area contributed by atoms with Crippen molar-refractivity contribution < 1.29 is 0 Å². The van der Waals surface area contributed by atoms with Gasteiger partial charge in [-0.25, -0.2) is 0 Å².